The Morgan fingerprint density at radius 2 is 1.94 bits per heavy atom. The molecule has 0 fully saturated rings. The Morgan fingerprint density at radius 1 is 1.18 bits per heavy atom. The summed E-state index contributed by atoms with van der Waals surface area (Å²) in [6.45, 7) is 4.72. The van der Waals surface area contributed by atoms with Gasteiger partial charge in [-0.2, -0.15) is 0 Å². The number of hydrogen-bond acceptors (Lipinski definition) is 2. The summed E-state index contributed by atoms with van der Waals surface area (Å²) >= 11 is 1.78. The molecule has 1 nitrogen and oxygen atoms in total. The van der Waals surface area contributed by atoms with Gasteiger partial charge in [-0.25, -0.2) is 4.39 Å². The van der Waals surface area contributed by atoms with Crippen molar-refractivity contribution >= 4 is 17.0 Å². The van der Waals surface area contributed by atoms with Crippen LogP contribution in [0.4, 0.5) is 10.1 Å². The second kappa shape index (κ2) is 5.32. The monoisotopic (exact) mass is 249 g/mol. The van der Waals surface area contributed by atoms with Crippen LogP contribution in [0.25, 0.3) is 0 Å². The molecule has 1 aromatic carbocycles. The van der Waals surface area contributed by atoms with E-state index in [4.69, 9.17) is 0 Å². The van der Waals surface area contributed by atoms with E-state index in [1.165, 1.54) is 9.75 Å². The summed E-state index contributed by atoms with van der Waals surface area (Å²) in [7, 11) is 0. The fourth-order valence-electron chi connectivity index (χ4n) is 1.65. The van der Waals surface area contributed by atoms with Gasteiger partial charge in [0.2, 0.25) is 0 Å². The minimum Gasteiger partial charge on any atom is -0.378 e. The second-order valence-corrected chi connectivity index (χ2v) is 5.31. The standard InChI is InChI=1S/C14H16FNS/c1-3-11-5-6-12(17-11)9-16-14-7-4-10(2)8-13(14)15/h4-8,16H,3,9H2,1-2H3. The molecule has 0 spiro atoms. The summed E-state index contributed by atoms with van der Waals surface area (Å²) in [6, 6.07) is 9.49. The highest BCUT2D eigenvalue weighted by molar-refractivity contribution is 7.12. The molecule has 0 radical (unpaired) electrons. The first kappa shape index (κ1) is 12.1. The van der Waals surface area contributed by atoms with E-state index in [-0.39, 0.29) is 5.82 Å². The zero-order valence-corrected chi connectivity index (χ0v) is 10.9. The third kappa shape index (κ3) is 3.07. The minimum absolute atomic E-state index is 0.183. The van der Waals surface area contributed by atoms with Crippen molar-refractivity contribution in [2.75, 3.05) is 5.32 Å². The summed E-state index contributed by atoms with van der Waals surface area (Å²) in [5, 5.41) is 3.13. The summed E-state index contributed by atoms with van der Waals surface area (Å²) in [4.78, 5) is 2.60. The SMILES string of the molecule is CCc1ccc(CNc2ccc(C)cc2F)s1. The number of nitrogens with one attached hydrogen (secondary N) is 1. The minimum atomic E-state index is -0.183. The van der Waals surface area contributed by atoms with Gasteiger partial charge in [0.25, 0.3) is 0 Å². The highest BCUT2D eigenvalue weighted by atomic mass is 32.1. The third-order valence-electron chi connectivity index (χ3n) is 2.64. The average molecular weight is 249 g/mol. The molecule has 2 aromatic rings. The van der Waals surface area contributed by atoms with Crippen LogP contribution in [0.2, 0.25) is 0 Å². The summed E-state index contributed by atoms with van der Waals surface area (Å²) in [5.74, 6) is -0.183. The second-order valence-electron chi connectivity index (χ2n) is 4.06. The highest BCUT2D eigenvalue weighted by Gasteiger charge is 2.03. The zero-order chi connectivity index (χ0) is 12.3. The lowest BCUT2D eigenvalue weighted by Gasteiger charge is -2.06. The van der Waals surface area contributed by atoms with Crippen LogP contribution in [0.3, 0.4) is 0 Å². The molecule has 3 heteroatoms. The molecule has 0 unspecified atom stereocenters. The van der Waals surface area contributed by atoms with Crippen molar-refractivity contribution in [3.05, 3.63) is 51.5 Å². The van der Waals surface area contributed by atoms with Crippen LogP contribution < -0.4 is 5.32 Å². The number of aryl methyl sites for hydroxylation is 2. The van der Waals surface area contributed by atoms with Crippen LogP contribution >= 0.6 is 11.3 Å². The van der Waals surface area contributed by atoms with Gasteiger partial charge in [0, 0.05) is 16.3 Å². The van der Waals surface area contributed by atoms with Crippen molar-refractivity contribution in [3.63, 3.8) is 0 Å². The van der Waals surface area contributed by atoms with Crippen LogP contribution in [0.15, 0.2) is 30.3 Å². The lowest BCUT2D eigenvalue weighted by Crippen LogP contribution is -1.99. The van der Waals surface area contributed by atoms with E-state index in [0.29, 0.717) is 12.2 Å². The fourth-order valence-corrected chi connectivity index (χ4v) is 2.55. The van der Waals surface area contributed by atoms with E-state index in [2.05, 4.69) is 24.4 Å². The van der Waals surface area contributed by atoms with E-state index in [1.54, 1.807) is 23.5 Å². The smallest absolute Gasteiger partial charge is 0.146 e. The lowest BCUT2D eigenvalue weighted by molar-refractivity contribution is 0.629. The van der Waals surface area contributed by atoms with Crippen LogP contribution in [-0.2, 0) is 13.0 Å². The van der Waals surface area contributed by atoms with Crippen molar-refractivity contribution in [1.82, 2.24) is 0 Å². The van der Waals surface area contributed by atoms with E-state index < -0.39 is 0 Å². The average Bonchev–Trinajstić information content (AvgIpc) is 2.76. The maximum Gasteiger partial charge on any atom is 0.146 e. The van der Waals surface area contributed by atoms with Gasteiger partial charge in [-0.05, 0) is 43.2 Å². The highest BCUT2D eigenvalue weighted by Crippen LogP contribution is 2.20. The molecule has 17 heavy (non-hydrogen) atoms. The lowest BCUT2D eigenvalue weighted by atomic mass is 10.2. The normalized spacial score (nSPS) is 10.5. The van der Waals surface area contributed by atoms with E-state index in [9.17, 15) is 4.39 Å². The number of hydrogen-bond donors (Lipinski definition) is 1. The molecule has 0 atom stereocenters. The van der Waals surface area contributed by atoms with Crippen LogP contribution in [-0.4, -0.2) is 0 Å². The van der Waals surface area contributed by atoms with Gasteiger partial charge in [-0.15, -0.1) is 11.3 Å². The maximum absolute atomic E-state index is 13.6. The first-order valence-corrected chi connectivity index (χ1v) is 6.58. The number of thiophene rings is 1. The van der Waals surface area contributed by atoms with Crippen LogP contribution in [0.5, 0.6) is 0 Å². The largest absolute Gasteiger partial charge is 0.378 e. The number of halogens is 1. The Kier molecular flexibility index (Phi) is 3.79. The first-order chi connectivity index (χ1) is 8.19. The molecule has 0 aliphatic heterocycles. The Balaban J connectivity index is 2.02. The molecule has 2 rings (SSSR count). The van der Waals surface area contributed by atoms with Crippen molar-refractivity contribution < 1.29 is 4.39 Å². The predicted molar refractivity (Wildman–Crippen MR) is 72.2 cm³/mol. The topological polar surface area (TPSA) is 12.0 Å². The number of rotatable bonds is 4. The molecular formula is C14H16FNS. The molecule has 1 aromatic heterocycles. The Labute approximate surface area is 105 Å². The van der Waals surface area contributed by atoms with E-state index in [1.807, 2.05) is 13.0 Å². The quantitative estimate of drug-likeness (QED) is 0.848. The van der Waals surface area contributed by atoms with Gasteiger partial charge in [0.1, 0.15) is 5.82 Å². The van der Waals surface area contributed by atoms with Crippen LogP contribution in [0, 0.1) is 12.7 Å². The molecule has 1 N–H and O–H groups in total. The van der Waals surface area contributed by atoms with Gasteiger partial charge in [0.05, 0.1) is 5.69 Å². The summed E-state index contributed by atoms with van der Waals surface area (Å²) in [6.07, 6.45) is 1.06. The first-order valence-electron chi connectivity index (χ1n) is 5.76. The number of benzene rings is 1. The zero-order valence-electron chi connectivity index (χ0n) is 10.1. The molecule has 0 amide bonds. The Morgan fingerprint density at radius 3 is 2.59 bits per heavy atom. The molecule has 0 saturated heterocycles. The van der Waals surface area contributed by atoms with Gasteiger partial charge in [-0.3, -0.25) is 0 Å². The number of anilines is 1. The van der Waals surface area contributed by atoms with Crippen LogP contribution in [0.1, 0.15) is 22.2 Å². The molecule has 0 aliphatic rings. The molecule has 0 saturated carbocycles. The fraction of sp³-hybridized carbons (Fsp3) is 0.286. The Bertz CT molecular complexity index is 505. The molecule has 0 bridgehead atoms. The van der Waals surface area contributed by atoms with Gasteiger partial charge in [-0.1, -0.05) is 13.0 Å². The summed E-state index contributed by atoms with van der Waals surface area (Å²) in [5.41, 5.74) is 1.51. The van der Waals surface area contributed by atoms with Crippen molar-refractivity contribution in [2.24, 2.45) is 0 Å². The van der Waals surface area contributed by atoms with Gasteiger partial charge < -0.3 is 5.32 Å². The van der Waals surface area contributed by atoms with Gasteiger partial charge in [0.15, 0.2) is 0 Å². The maximum atomic E-state index is 13.6. The summed E-state index contributed by atoms with van der Waals surface area (Å²) < 4.78 is 13.6. The molecular weight excluding hydrogens is 233 g/mol. The molecule has 1 heterocycles. The van der Waals surface area contributed by atoms with Crippen molar-refractivity contribution in [1.29, 1.82) is 0 Å². The van der Waals surface area contributed by atoms with Gasteiger partial charge >= 0.3 is 0 Å². The van der Waals surface area contributed by atoms with E-state index in [0.717, 1.165) is 12.0 Å². The van der Waals surface area contributed by atoms with Crippen molar-refractivity contribution in [3.8, 4) is 0 Å². The predicted octanol–water partition coefficient (Wildman–Crippen LogP) is 4.37. The van der Waals surface area contributed by atoms with Crippen molar-refractivity contribution in [2.45, 2.75) is 26.8 Å². The molecule has 0 aliphatic carbocycles. The third-order valence-corrected chi connectivity index (χ3v) is 3.87. The molecule has 90 valence electrons. The van der Waals surface area contributed by atoms with E-state index >= 15 is 0 Å². The Hall–Kier alpha value is -1.35.